The van der Waals surface area contributed by atoms with Crippen LogP contribution in [0.2, 0.25) is 0 Å². The summed E-state index contributed by atoms with van der Waals surface area (Å²) in [7, 11) is 0. The Morgan fingerprint density at radius 2 is 1.65 bits per heavy atom. The molecule has 0 aliphatic carbocycles. The molecule has 5 rings (SSSR count). The van der Waals surface area contributed by atoms with Crippen LogP contribution in [0.4, 0.5) is 5.69 Å². The zero-order chi connectivity index (χ0) is 30.0. The summed E-state index contributed by atoms with van der Waals surface area (Å²) in [4.78, 5) is 22.9. The van der Waals surface area contributed by atoms with Crippen LogP contribution >= 0.6 is 11.8 Å². The lowest BCUT2D eigenvalue weighted by Crippen LogP contribution is -2.31. The number of aromatic nitrogens is 4. The van der Waals surface area contributed by atoms with Crippen molar-refractivity contribution in [2.75, 3.05) is 11.1 Å². The van der Waals surface area contributed by atoms with Crippen molar-refractivity contribution in [2.45, 2.75) is 62.4 Å². The molecule has 2 heterocycles. The standard InChI is InChI=1S/C31H33N5O6S/c37-19-21-10-12-22(13-11-21)27-18-26(20-43-31-33-34-35-36(31)25-6-2-1-3-7-25)41-30(42-27)23-14-16-24(17-15-23)32-28(38)8-4-5-9-29(39)40/h1-3,6-7,10-17,26-27,30,37H,4-5,8-9,18-20H2,(H,32,38)(H,39,40)/t26-,27+,30+/m1/s1. The van der Waals surface area contributed by atoms with Crippen molar-refractivity contribution in [3.63, 3.8) is 0 Å². The number of aliphatic hydroxyl groups is 1. The molecule has 0 unspecified atom stereocenters. The number of carbonyl (C=O) groups is 2. The monoisotopic (exact) mass is 603 g/mol. The summed E-state index contributed by atoms with van der Waals surface area (Å²) in [6.45, 7) is -0.0296. The summed E-state index contributed by atoms with van der Waals surface area (Å²) in [5.41, 5.74) is 4.13. The first kappa shape index (κ1) is 30.4. The third-order valence-corrected chi connectivity index (χ3v) is 8.02. The lowest BCUT2D eigenvalue weighted by Gasteiger charge is -2.36. The molecule has 3 atom stereocenters. The molecule has 1 saturated heterocycles. The van der Waals surface area contributed by atoms with Crippen LogP contribution in [-0.4, -0.2) is 54.2 Å². The fourth-order valence-corrected chi connectivity index (χ4v) is 5.61. The summed E-state index contributed by atoms with van der Waals surface area (Å²) in [5, 5.41) is 33.9. The van der Waals surface area contributed by atoms with Gasteiger partial charge in [-0.3, -0.25) is 9.59 Å². The zero-order valence-electron chi connectivity index (χ0n) is 23.4. The second kappa shape index (κ2) is 14.9. The molecule has 1 fully saturated rings. The molecule has 1 amide bonds. The van der Waals surface area contributed by atoms with E-state index in [0.717, 1.165) is 22.4 Å². The number of carboxylic acids is 1. The van der Waals surface area contributed by atoms with Gasteiger partial charge in [-0.25, -0.2) is 0 Å². The van der Waals surface area contributed by atoms with Crippen LogP contribution in [0.3, 0.4) is 0 Å². The molecule has 11 nitrogen and oxygen atoms in total. The van der Waals surface area contributed by atoms with E-state index in [1.807, 2.05) is 66.7 Å². The van der Waals surface area contributed by atoms with Crippen LogP contribution in [0.15, 0.2) is 84.0 Å². The second-order valence-electron chi connectivity index (χ2n) is 10.1. The van der Waals surface area contributed by atoms with Crippen molar-refractivity contribution >= 4 is 29.3 Å². The van der Waals surface area contributed by atoms with Gasteiger partial charge in [-0.15, -0.1) is 5.10 Å². The Kier molecular flexibility index (Phi) is 10.5. The number of carboxylic acid groups (broad SMARTS) is 1. The van der Waals surface area contributed by atoms with E-state index in [9.17, 15) is 14.7 Å². The number of thioether (sulfide) groups is 1. The fraction of sp³-hybridized carbons (Fsp3) is 0.323. The zero-order valence-corrected chi connectivity index (χ0v) is 24.2. The van der Waals surface area contributed by atoms with Crippen molar-refractivity contribution < 1.29 is 29.3 Å². The van der Waals surface area contributed by atoms with E-state index < -0.39 is 12.3 Å². The summed E-state index contributed by atoms with van der Waals surface area (Å²) < 4.78 is 14.5. The van der Waals surface area contributed by atoms with Crippen LogP contribution in [0.25, 0.3) is 5.69 Å². The van der Waals surface area contributed by atoms with Crippen LogP contribution in [-0.2, 0) is 25.7 Å². The van der Waals surface area contributed by atoms with Crippen LogP contribution in [0.1, 0.15) is 61.2 Å². The van der Waals surface area contributed by atoms with Crippen molar-refractivity contribution in [1.29, 1.82) is 0 Å². The van der Waals surface area contributed by atoms with Crippen LogP contribution in [0, 0.1) is 0 Å². The molecule has 3 N–H and O–H groups in total. The highest BCUT2D eigenvalue weighted by atomic mass is 32.2. The van der Waals surface area contributed by atoms with E-state index in [-0.39, 0.29) is 37.6 Å². The minimum absolute atomic E-state index is 0.0296. The number of nitrogens with one attached hydrogen (secondary N) is 1. The minimum atomic E-state index is -0.860. The Bertz CT molecular complexity index is 1480. The fourth-order valence-electron chi connectivity index (χ4n) is 4.70. The van der Waals surface area contributed by atoms with Gasteiger partial charge in [-0.1, -0.05) is 66.4 Å². The van der Waals surface area contributed by atoms with Gasteiger partial charge in [0.25, 0.3) is 0 Å². The number of rotatable bonds is 13. The van der Waals surface area contributed by atoms with E-state index in [1.165, 1.54) is 11.8 Å². The molecule has 224 valence electrons. The third-order valence-electron chi connectivity index (χ3n) is 6.97. The second-order valence-corrected chi connectivity index (χ2v) is 11.1. The van der Waals surface area contributed by atoms with Gasteiger partial charge in [0.2, 0.25) is 11.1 Å². The Balaban J connectivity index is 1.26. The Labute approximate surface area is 253 Å². The molecule has 43 heavy (non-hydrogen) atoms. The number of unbranched alkanes of at least 4 members (excludes halogenated alkanes) is 1. The van der Waals surface area contributed by atoms with Gasteiger partial charge < -0.3 is 25.0 Å². The maximum Gasteiger partial charge on any atom is 0.303 e. The quantitative estimate of drug-likeness (QED) is 0.140. The number of hydrogen-bond acceptors (Lipinski definition) is 9. The molecule has 0 spiro atoms. The third kappa shape index (κ3) is 8.48. The minimum Gasteiger partial charge on any atom is -0.481 e. The summed E-state index contributed by atoms with van der Waals surface area (Å²) >= 11 is 1.51. The largest absolute Gasteiger partial charge is 0.481 e. The Hall–Kier alpha value is -4.10. The molecule has 1 aliphatic rings. The van der Waals surface area contributed by atoms with Gasteiger partial charge in [0, 0.05) is 36.3 Å². The van der Waals surface area contributed by atoms with Gasteiger partial charge in [0.15, 0.2) is 6.29 Å². The number of hydrogen-bond donors (Lipinski definition) is 3. The predicted octanol–water partition coefficient (Wildman–Crippen LogP) is 5.08. The smallest absolute Gasteiger partial charge is 0.303 e. The molecular weight excluding hydrogens is 570 g/mol. The average Bonchev–Trinajstić information content (AvgIpc) is 3.51. The Morgan fingerprint density at radius 1 is 0.930 bits per heavy atom. The topological polar surface area (TPSA) is 149 Å². The molecule has 0 radical (unpaired) electrons. The highest BCUT2D eigenvalue weighted by molar-refractivity contribution is 7.99. The predicted molar refractivity (Wildman–Crippen MR) is 159 cm³/mol. The normalized spacial score (nSPS) is 18.3. The number of tetrazole rings is 1. The van der Waals surface area contributed by atoms with Gasteiger partial charge in [0.05, 0.1) is 24.5 Å². The lowest BCUT2D eigenvalue weighted by atomic mass is 10.0. The first-order chi connectivity index (χ1) is 21.0. The number of ether oxygens (including phenoxy) is 2. The number of amides is 1. The summed E-state index contributed by atoms with van der Waals surface area (Å²) in [6.07, 6.45) is 0.829. The maximum atomic E-state index is 12.3. The van der Waals surface area contributed by atoms with E-state index in [0.29, 0.717) is 35.9 Å². The van der Waals surface area contributed by atoms with Gasteiger partial charge >= 0.3 is 5.97 Å². The first-order valence-corrected chi connectivity index (χ1v) is 15.1. The molecular formula is C31H33N5O6S. The average molecular weight is 604 g/mol. The molecule has 0 bridgehead atoms. The molecule has 4 aromatic rings. The summed E-state index contributed by atoms with van der Waals surface area (Å²) in [6, 6.07) is 24.7. The summed E-state index contributed by atoms with van der Waals surface area (Å²) in [5.74, 6) is -0.431. The number of nitrogens with zero attached hydrogens (tertiary/aromatic N) is 4. The molecule has 3 aromatic carbocycles. The van der Waals surface area contributed by atoms with Crippen molar-refractivity contribution in [3.05, 3.63) is 95.6 Å². The number of carbonyl (C=O) groups excluding carboxylic acids is 1. The first-order valence-electron chi connectivity index (χ1n) is 14.1. The van der Waals surface area contributed by atoms with Crippen molar-refractivity contribution in [3.8, 4) is 5.69 Å². The van der Waals surface area contributed by atoms with Gasteiger partial charge in [-0.05, 0) is 58.7 Å². The van der Waals surface area contributed by atoms with Gasteiger partial charge in [0.1, 0.15) is 0 Å². The number of anilines is 1. The molecule has 12 heteroatoms. The van der Waals surface area contributed by atoms with Crippen LogP contribution in [0.5, 0.6) is 0 Å². The highest BCUT2D eigenvalue weighted by Gasteiger charge is 2.32. The van der Waals surface area contributed by atoms with Crippen molar-refractivity contribution in [2.24, 2.45) is 0 Å². The maximum absolute atomic E-state index is 12.3. The van der Waals surface area contributed by atoms with E-state index in [4.69, 9.17) is 14.6 Å². The van der Waals surface area contributed by atoms with E-state index in [1.54, 1.807) is 16.8 Å². The molecule has 0 saturated carbocycles. The SMILES string of the molecule is O=C(O)CCCCC(=O)Nc1ccc([C@H]2O[C@@H](CSc3nnnn3-c3ccccc3)C[C@@H](c3ccc(CO)cc3)O2)cc1. The number of aliphatic hydroxyl groups excluding tert-OH is 1. The van der Waals surface area contributed by atoms with Crippen molar-refractivity contribution in [1.82, 2.24) is 20.2 Å². The van der Waals surface area contributed by atoms with Crippen LogP contribution < -0.4 is 5.32 Å². The Morgan fingerprint density at radius 3 is 2.37 bits per heavy atom. The number of para-hydroxylation sites is 1. The molecule has 1 aliphatic heterocycles. The lowest BCUT2D eigenvalue weighted by molar-refractivity contribution is -0.245. The number of benzene rings is 3. The number of aliphatic carboxylic acids is 1. The molecule has 1 aromatic heterocycles. The van der Waals surface area contributed by atoms with E-state index >= 15 is 0 Å². The highest BCUT2D eigenvalue weighted by Crippen LogP contribution is 2.39. The van der Waals surface area contributed by atoms with Gasteiger partial charge in [-0.2, -0.15) is 4.68 Å². The van der Waals surface area contributed by atoms with E-state index in [2.05, 4.69) is 20.8 Å².